The number of aromatic amines is 1. The smallest absolute Gasteiger partial charge is 0.234 e. The summed E-state index contributed by atoms with van der Waals surface area (Å²) in [6, 6.07) is 8.18. The number of aromatic nitrogens is 1. The van der Waals surface area contributed by atoms with E-state index in [9.17, 15) is 9.90 Å². The van der Waals surface area contributed by atoms with Crippen LogP contribution in [0.5, 0.6) is 5.88 Å². The first-order valence-corrected chi connectivity index (χ1v) is 5.63. The Morgan fingerprint density at radius 1 is 1.33 bits per heavy atom. The summed E-state index contributed by atoms with van der Waals surface area (Å²) >= 11 is 5.90. The molecular weight excluding hydrogens is 254 g/mol. The summed E-state index contributed by atoms with van der Waals surface area (Å²) in [6.45, 7) is 0. The fraction of sp³-hybridized carbons (Fsp3) is 0. The Morgan fingerprint density at radius 3 is 2.89 bits per heavy atom. The molecule has 0 atom stereocenters. The molecule has 0 amide bonds. The Labute approximate surface area is 107 Å². The van der Waals surface area contributed by atoms with Crippen molar-refractivity contribution in [1.29, 1.82) is 0 Å². The zero-order valence-corrected chi connectivity index (χ0v) is 9.86. The molecule has 0 bridgehead atoms. The average Bonchev–Trinajstić information content (AvgIpc) is 2.94. The quantitative estimate of drug-likeness (QED) is 0.695. The van der Waals surface area contributed by atoms with E-state index in [1.165, 1.54) is 6.26 Å². The topological polar surface area (TPSA) is 66.2 Å². The number of furan rings is 1. The molecule has 0 spiro atoms. The van der Waals surface area contributed by atoms with Crippen molar-refractivity contribution in [2.45, 2.75) is 0 Å². The Hall–Kier alpha value is -2.20. The maximum atomic E-state index is 12.2. The van der Waals surface area contributed by atoms with Crippen LogP contribution >= 0.6 is 11.6 Å². The first-order chi connectivity index (χ1) is 8.66. The highest BCUT2D eigenvalue weighted by Gasteiger charge is 2.21. The molecule has 2 N–H and O–H groups in total. The molecule has 0 saturated carbocycles. The maximum Gasteiger partial charge on any atom is 0.234 e. The molecule has 0 saturated heterocycles. The second kappa shape index (κ2) is 3.92. The van der Waals surface area contributed by atoms with E-state index >= 15 is 0 Å². The van der Waals surface area contributed by atoms with Crippen molar-refractivity contribution in [2.75, 3.05) is 0 Å². The first kappa shape index (κ1) is 10.9. The van der Waals surface area contributed by atoms with E-state index in [0.717, 1.165) is 0 Å². The monoisotopic (exact) mass is 261 g/mol. The molecule has 4 nitrogen and oxygen atoms in total. The molecule has 90 valence electrons. The summed E-state index contributed by atoms with van der Waals surface area (Å²) in [5.74, 6) is -0.397. The Balaban J connectivity index is 2.25. The minimum absolute atomic E-state index is 0.169. The minimum Gasteiger partial charge on any atom is -0.494 e. The van der Waals surface area contributed by atoms with Crippen LogP contribution in [0.3, 0.4) is 0 Å². The number of ketones is 1. The molecule has 3 rings (SSSR count). The zero-order chi connectivity index (χ0) is 12.7. The van der Waals surface area contributed by atoms with Gasteiger partial charge in [0.2, 0.25) is 11.7 Å². The number of aromatic hydroxyl groups is 1. The van der Waals surface area contributed by atoms with Gasteiger partial charge >= 0.3 is 0 Å². The van der Waals surface area contributed by atoms with E-state index in [4.69, 9.17) is 16.0 Å². The molecule has 18 heavy (non-hydrogen) atoms. The lowest BCUT2D eigenvalue weighted by Crippen LogP contribution is -1.98. The number of nitrogens with one attached hydrogen (secondary N) is 1. The van der Waals surface area contributed by atoms with Gasteiger partial charge in [0.15, 0.2) is 5.76 Å². The van der Waals surface area contributed by atoms with Gasteiger partial charge in [-0.3, -0.25) is 4.79 Å². The number of halogens is 1. The van der Waals surface area contributed by atoms with Crippen LogP contribution in [0.25, 0.3) is 10.9 Å². The third-order valence-electron chi connectivity index (χ3n) is 2.71. The van der Waals surface area contributed by atoms with Gasteiger partial charge in [-0.2, -0.15) is 0 Å². The molecular formula is C13H8ClNO3. The minimum atomic E-state index is -0.383. The number of hydrogen-bond acceptors (Lipinski definition) is 3. The second-order valence-corrected chi connectivity index (χ2v) is 4.28. The lowest BCUT2D eigenvalue weighted by atomic mass is 10.1. The van der Waals surface area contributed by atoms with Crippen molar-refractivity contribution in [3.63, 3.8) is 0 Å². The van der Waals surface area contributed by atoms with Crippen molar-refractivity contribution in [3.05, 3.63) is 52.9 Å². The van der Waals surface area contributed by atoms with Gasteiger partial charge < -0.3 is 14.5 Å². The maximum absolute atomic E-state index is 12.2. The van der Waals surface area contributed by atoms with Crippen LogP contribution in [0.1, 0.15) is 16.1 Å². The van der Waals surface area contributed by atoms with E-state index in [-0.39, 0.29) is 23.0 Å². The van der Waals surface area contributed by atoms with Crippen molar-refractivity contribution in [3.8, 4) is 5.88 Å². The van der Waals surface area contributed by atoms with Crippen LogP contribution in [-0.4, -0.2) is 15.9 Å². The number of H-pyrrole nitrogens is 1. The van der Waals surface area contributed by atoms with Crippen molar-refractivity contribution >= 4 is 28.3 Å². The summed E-state index contributed by atoms with van der Waals surface area (Å²) in [5.41, 5.74) is 0.814. The predicted molar refractivity (Wildman–Crippen MR) is 67.1 cm³/mol. The normalized spacial score (nSPS) is 10.9. The highest BCUT2D eigenvalue weighted by molar-refractivity contribution is 6.31. The number of carbonyl (C=O) groups is 1. The van der Waals surface area contributed by atoms with Gasteiger partial charge in [-0.25, -0.2) is 0 Å². The average molecular weight is 262 g/mol. The standard InChI is InChI=1S/C13H8ClNO3/c14-7-3-4-9-8(6-7)11(13(17)15-9)12(16)10-2-1-5-18-10/h1-6,15,17H. The summed E-state index contributed by atoms with van der Waals surface area (Å²) in [4.78, 5) is 14.9. The van der Waals surface area contributed by atoms with Gasteiger partial charge in [0.1, 0.15) is 0 Å². The molecule has 0 fully saturated rings. The van der Waals surface area contributed by atoms with Crippen LogP contribution in [0.15, 0.2) is 41.0 Å². The van der Waals surface area contributed by atoms with Gasteiger partial charge in [-0.15, -0.1) is 0 Å². The molecule has 2 heterocycles. The number of hydrogen-bond donors (Lipinski definition) is 2. The van der Waals surface area contributed by atoms with E-state index in [1.807, 2.05) is 0 Å². The number of fused-ring (bicyclic) bond motifs is 1. The molecule has 2 aromatic heterocycles. The van der Waals surface area contributed by atoms with Crippen LogP contribution < -0.4 is 0 Å². The van der Waals surface area contributed by atoms with Gasteiger partial charge in [0, 0.05) is 15.9 Å². The Kier molecular flexibility index (Phi) is 2.38. The van der Waals surface area contributed by atoms with Crippen LogP contribution in [0.2, 0.25) is 5.02 Å². The van der Waals surface area contributed by atoms with E-state index in [2.05, 4.69) is 4.98 Å². The van der Waals surface area contributed by atoms with Crippen molar-refractivity contribution in [1.82, 2.24) is 4.98 Å². The fourth-order valence-electron chi connectivity index (χ4n) is 1.91. The van der Waals surface area contributed by atoms with Gasteiger partial charge in [0.05, 0.1) is 11.8 Å². The van der Waals surface area contributed by atoms with E-state index in [0.29, 0.717) is 15.9 Å². The van der Waals surface area contributed by atoms with Gasteiger partial charge in [-0.1, -0.05) is 11.6 Å². The Bertz CT molecular complexity index is 728. The van der Waals surface area contributed by atoms with Crippen molar-refractivity contribution < 1.29 is 14.3 Å². The molecule has 1 aromatic carbocycles. The largest absolute Gasteiger partial charge is 0.494 e. The molecule has 0 aliphatic heterocycles. The summed E-state index contributed by atoms with van der Waals surface area (Å²) in [7, 11) is 0. The molecule has 0 aliphatic rings. The number of rotatable bonds is 2. The number of benzene rings is 1. The summed E-state index contributed by atoms with van der Waals surface area (Å²) < 4.78 is 5.05. The SMILES string of the molecule is O=C(c1ccco1)c1c(O)[nH]c2ccc(Cl)cc12. The predicted octanol–water partition coefficient (Wildman–Crippen LogP) is 3.35. The van der Waals surface area contributed by atoms with E-state index in [1.54, 1.807) is 30.3 Å². The fourth-order valence-corrected chi connectivity index (χ4v) is 2.08. The molecule has 5 heteroatoms. The third-order valence-corrected chi connectivity index (χ3v) is 2.95. The summed E-state index contributed by atoms with van der Waals surface area (Å²) in [5, 5.41) is 10.9. The first-order valence-electron chi connectivity index (χ1n) is 5.25. The van der Waals surface area contributed by atoms with E-state index < -0.39 is 0 Å². The van der Waals surface area contributed by atoms with Crippen LogP contribution in [0, 0.1) is 0 Å². The lowest BCUT2D eigenvalue weighted by molar-refractivity contribution is 0.101. The molecule has 0 unspecified atom stereocenters. The van der Waals surface area contributed by atoms with Crippen molar-refractivity contribution in [2.24, 2.45) is 0 Å². The Morgan fingerprint density at radius 2 is 2.17 bits per heavy atom. The number of carbonyl (C=O) groups excluding carboxylic acids is 1. The highest BCUT2D eigenvalue weighted by atomic mass is 35.5. The molecule has 0 aliphatic carbocycles. The summed E-state index contributed by atoms with van der Waals surface area (Å²) in [6.07, 6.45) is 1.41. The van der Waals surface area contributed by atoms with Gasteiger partial charge in [-0.05, 0) is 30.3 Å². The highest BCUT2D eigenvalue weighted by Crippen LogP contribution is 2.31. The lowest BCUT2D eigenvalue weighted by Gasteiger charge is -1.97. The van der Waals surface area contributed by atoms with Gasteiger partial charge in [0.25, 0.3) is 0 Å². The van der Waals surface area contributed by atoms with Crippen LogP contribution in [0.4, 0.5) is 0 Å². The zero-order valence-electron chi connectivity index (χ0n) is 9.11. The third kappa shape index (κ3) is 1.58. The molecule has 0 radical (unpaired) electrons. The van der Waals surface area contributed by atoms with Crippen LogP contribution in [-0.2, 0) is 0 Å². The molecule has 3 aromatic rings. The second-order valence-electron chi connectivity index (χ2n) is 3.84.